The van der Waals surface area contributed by atoms with E-state index in [1.54, 1.807) is 0 Å². The summed E-state index contributed by atoms with van der Waals surface area (Å²) in [6, 6.07) is 0.684. The van der Waals surface area contributed by atoms with Gasteiger partial charge in [0.2, 0.25) is 5.91 Å². The fourth-order valence-electron chi connectivity index (χ4n) is 1.53. The average Bonchev–Trinajstić information content (AvgIpc) is 2.37. The number of rotatable bonds is 4. The monoisotopic (exact) mass is 359 g/mol. The van der Waals surface area contributed by atoms with Gasteiger partial charge in [-0.25, -0.2) is 8.78 Å². The fourth-order valence-corrected chi connectivity index (χ4v) is 1.85. The van der Waals surface area contributed by atoms with Gasteiger partial charge in [-0.3, -0.25) is 4.79 Å². The first-order valence-corrected chi connectivity index (χ1v) is 6.65. The van der Waals surface area contributed by atoms with Crippen LogP contribution >= 0.6 is 15.9 Å². The Kier molecular flexibility index (Phi) is 5.50. The molecule has 0 aliphatic heterocycles. The minimum atomic E-state index is -4.60. The van der Waals surface area contributed by atoms with Crippen LogP contribution < -0.4 is 0 Å². The molecule has 1 atom stereocenters. The summed E-state index contributed by atoms with van der Waals surface area (Å²) in [5.74, 6) is -3.07. The van der Waals surface area contributed by atoms with E-state index in [0.29, 0.717) is 4.90 Å². The molecule has 1 aromatic rings. The highest BCUT2D eigenvalue weighted by Gasteiger charge is 2.41. The van der Waals surface area contributed by atoms with Crippen molar-refractivity contribution in [3.63, 3.8) is 0 Å². The second kappa shape index (κ2) is 6.51. The predicted octanol–water partition coefficient (Wildman–Crippen LogP) is 3.64. The molecule has 0 heterocycles. The third-order valence-corrected chi connectivity index (χ3v) is 3.19. The van der Waals surface area contributed by atoms with E-state index in [1.165, 1.54) is 0 Å². The largest absolute Gasteiger partial charge is 0.408 e. The molecule has 0 aliphatic carbocycles. The van der Waals surface area contributed by atoms with Crippen molar-refractivity contribution < 1.29 is 26.7 Å². The Morgan fingerprint density at radius 2 is 1.90 bits per heavy atom. The number of hydrogen-bond acceptors (Lipinski definition) is 1. The molecule has 0 radical (unpaired) electrons. The van der Waals surface area contributed by atoms with Crippen LogP contribution in [0.1, 0.15) is 12.5 Å². The zero-order chi connectivity index (χ0) is 15.5. The minimum Gasteiger partial charge on any atom is -0.326 e. The lowest BCUT2D eigenvalue weighted by molar-refractivity contribution is -0.186. The van der Waals surface area contributed by atoms with Crippen LogP contribution in [0.3, 0.4) is 0 Å². The number of amides is 1. The molecule has 0 bridgehead atoms. The van der Waals surface area contributed by atoms with Crippen LogP contribution in [-0.2, 0) is 11.3 Å². The fraction of sp³-hybridized carbons (Fsp3) is 0.417. The van der Waals surface area contributed by atoms with Crippen molar-refractivity contribution in [2.45, 2.75) is 25.7 Å². The summed E-state index contributed by atoms with van der Waals surface area (Å²) in [5, 5.41) is -0.295. The van der Waals surface area contributed by atoms with Crippen LogP contribution in [0.5, 0.6) is 0 Å². The first-order chi connectivity index (χ1) is 9.16. The van der Waals surface area contributed by atoms with E-state index in [0.717, 1.165) is 25.1 Å². The standard InChI is InChI=1S/C12H11BrF5NO/c1-7(12(16,17)18)19(11(20)5-13)6-8-2-3-9(14)10(15)4-8/h2-4,7H,5-6H2,1H3/t7-/m0/s1. The van der Waals surface area contributed by atoms with E-state index in [4.69, 9.17) is 0 Å². The van der Waals surface area contributed by atoms with E-state index in [1.807, 2.05) is 0 Å². The Hall–Kier alpha value is -1.18. The Morgan fingerprint density at radius 1 is 1.30 bits per heavy atom. The lowest BCUT2D eigenvalue weighted by Gasteiger charge is -2.30. The predicted molar refractivity (Wildman–Crippen MR) is 66.2 cm³/mol. The number of carbonyl (C=O) groups is 1. The number of carbonyl (C=O) groups excluding carboxylic acids is 1. The van der Waals surface area contributed by atoms with Crippen LogP contribution in [0.15, 0.2) is 18.2 Å². The van der Waals surface area contributed by atoms with Crippen LogP contribution in [0.25, 0.3) is 0 Å². The summed E-state index contributed by atoms with van der Waals surface area (Å²) < 4.78 is 63.9. The molecule has 0 unspecified atom stereocenters. The van der Waals surface area contributed by atoms with Gasteiger partial charge in [-0.15, -0.1) is 0 Å². The molecule has 1 amide bonds. The summed E-state index contributed by atoms with van der Waals surface area (Å²) >= 11 is 2.80. The van der Waals surface area contributed by atoms with Gasteiger partial charge in [-0.05, 0) is 24.6 Å². The zero-order valence-electron chi connectivity index (χ0n) is 10.3. The Morgan fingerprint density at radius 3 is 2.35 bits per heavy atom. The van der Waals surface area contributed by atoms with Crippen LogP contribution in [0, 0.1) is 11.6 Å². The first kappa shape index (κ1) is 16.9. The topological polar surface area (TPSA) is 20.3 Å². The molecular formula is C12H11BrF5NO. The van der Waals surface area contributed by atoms with Gasteiger partial charge in [0.05, 0.1) is 5.33 Å². The molecule has 1 aromatic carbocycles. The van der Waals surface area contributed by atoms with E-state index in [-0.39, 0.29) is 10.9 Å². The van der Waals surface area contributed by atoms with Crippen LogP contribution in [0.2, 0.25) is 0 Å². The van der Waals surface area contributed by atoms with Crippen LogP contribution in [0.4, 0.5) is 22.0 Å². The van der Waals surface area contributed by atoms with Gasteiger partial charge in [0, 0.05) is 6.54 Å². The van der Waals surface area contributed by atoms with E-state index < -0.39 is 36.3 Å². The molecule has 0 fully saturated rings. The van der Waals surface area contributed by atoms with Gasteiger partial charge >= 0.3 is 6.18 Å². The highest BCUT2D eigenvalue weighted by Crippen LogP contribution is 2.26. The molecule has 112 valence electrons. The molecule has 0 aliphatic rings. The second-order valence-corrected chi connectivity index (χ2v) is 4.68. The molecular weight excluding hydrogens is 349 g/mol. The molecule has 0 spiro atoms. The van der Waals surface area contributed by atoms with Crippen molar-refractivity contribution in [1.29, 1.82) is 0 Å². The van der Waals surface area contributed by atoms with Gasteiger partial charge < -0.3 is 4.90 Å². The highest BCUT2D eigenvalue weighted by atomic mass is 79.9. The summed E-state index contributed by atoms with van der Waals surface area (Å²) in [5.41, 5.74) is 0.0781. The summed E-state index contributed by atoms with van der Waals surface area (Å²) in [6.45, 7) is 0.378. The van der Waals surface area contributed by atoms with Gasteiger partial charge in [0.15, 0.2) is 11.6 Å². The molecule has 2 nitrogen and oxygen atoms in total. The third kappa shape index (κ3) is 4.16. The Bertz CT molecular complexity index is 491. The maximum absolute atomic E-state index is 13.0. The number of hydrogen-bond donors (Lipinski definition) is 0. The number of halogens is 6. The second-order valence-electron chi connectivity index (χ2n) is 4.12. The SMILES string of the molecule is C[C@H](N(Cc1ccc(F)c(F)c1)C(=O)CBr)C(F)(F)F. The van der Waals surface area contributed by atoms with Crippen molar-refractivity contribution in [3.8, 4) is 0 Å². The normalized spacial score (nSPS) is 13.2. The first-order valence-electron chi connectivity index (χ1n) is 5.53. The smallest absolute Gasteiger partial charge is 0.326 e. The van der Waals surface area contributed by atoms with E-state index in [9.17, 15) is 26.7 Å². The molecule has 1 rings (SSSR count). The van der Waals surface area contributed by atoms with E-state index >= 15 is 0 Å². The molecule has 20 heavy (non-hydrogen) atoms. The molecule has 0 saturated carbocycles. The maximum Gasteiger partial charge on any atom is 0.408 e. The highest BCUT2D eigenvalue weighted by molar-refractivity contribution is 9.09. The zero-order valence-corrected chi connectivity index (χ0v) is 11.9. The average molecular weight is 360 g/mol. The van der Waals surface area contributed by atoms with Crippen molar-refractivity contribution in [1.82, 2.24) is 4.90 Å². The van der Waals surface area contributed by atoms with Gasteiger partial charge in [0.1, 0.15) is 6.04 Å². The summed E-state index contributed by atoms with van der Waals surface area (Å²) in [7, 11) is 0. The van der Waals surface area contributed by atoms with Crippen molar-refractivity contribution >= 4 is 21.8 Å². The van der Waals surface area contributed by atoms with Crippen LogP contribution in [-0.4, -0.2) is 28.4 Å². The number of alkyl halides is 4. The molecule has 0 aromatic heterocycles. The van der Waals surface area contributed by atoms with Crippen molar-refractivity contribution in [2.24, 2.45) is 0 Å². The Labute approximate surface area is 120 Å². The number of benzene rings is 1. The number of nitrogens with zero attached hydrogens (tertiary/aromatic N) is 1. The minimum absolute atomic E-state index is 0.0781. The third-order valence-electron chi connectivity index (χ3n) is 2.71. The van der Waals surface area contributed by atoms with E-state index in [2.05, 4.69) is 15.9 Å². The van der Waals surface area contributed by atoms with Gasteiger partial charge in [-0.1, -0.05) is 22.0 Å². The summed E-state index contributed by atoms with van der Waals surface area (Å²) in [4.78, 5) is 12.1. The lowest BCUT2D eigenvalue weighted by Crippen LogP contribution is -2.47. The molecule has 0 N–H and O–H groups in total. The molecule has 8 heteroatoms. The quantitative estimate of drug-likeness (QED) is 0.593. The molecule has 0 saturated heterocycles. The summed E-state index contributed by atoms with van der Waals surface area (Å²) in [6.07, 6.45) is -4.60. The van der Waals surface area contributed by atoms with Crippen molar-refractivity contribution in [2.75, 3.05) is 5.33 Å². The lowest BCUT2D eigenvalue weighted by atomic mass is 10.1. The van der Waals surface area contributed by atoms with Gasteiger partial charge in [0.25, 0.3) is 0 Å². The Balaban J connectivity index is 3.01. The van der Waals surface area contributed by atoms with Gasteiger partial charge in [-0.2, -0.15) is 13.2 Å². The maximum atomic E-state index is 13.0. The van der Waals surface area contributed by atoms with Crippen molar-refractivity contribution in [3.05, 3.63) is 35.4 Å².